The van der Waals surface area contributed by atoms with Crippen LogP contribution in [0.4, 0.5) is 4.39 Å². The zero-order chi connectivity index (χ0) is 12.4. The molecule has 1 aromatic carbocycles. The molecule has 5 heteroatoms. The molecule has 0 radical (unpaired) electrons. The van der Waals surface area contributed by atoms with Gasteiger partial charge in [0.05, 0.1) is 0 Å². The van der Waals surface area contributed by atoms with E-state index >= 15 is 0 Å². The van der Waals surface area contributed by atoms with Gasteiger partial charge in [-0.1, -0.05) is 0 Å². The lowest BCUT2D eigenvalue weighted by Gasteiger charge is -1.98. The van der Waals surface area contributed by atoms with E-state index in [2.05, 4.69) is 15.5 Å². The molecule has 0 unspecified atom stereocenters. The number of nitrogens with one attached hydrogen (secondary N) is 1. The Bertz CT molecular complexity index is 519. The lowest BCUT2D eigenvalue weighted by molar-refractivity contribution is 0.494. The van der Waals surface area contributed by atoms with Gasteiger partial charge >= 0.3 is 0 Å². The Morgan fingerprint density at radius 1 is 1.22 bits per heavy atom. The summed E-state index contributed by atoms with van der Waals surface area (Å²) in [6.45, 7) is 0.857. The molecule has 18 heavy (non-hydrogen) atoms. The van der Waals surface area contributed by atoms with Crippen molar-refractivity contribution in [2.75, 3.05) is 6.54 Å². The average molecular weight is 247 g/mol. The van der Waals surface area contributed by atoms with Gasteiger partial charge < -0.3 is 9.73 Å². The molecule has 1 N–H and O–H groups in total. The number of rotatable bonds is 5. The van der Waals surface area contributed by atoms with Crippen molar-refractivity contribution in [1.82, 2.24) is 15.5 Å². The molecule has 0 amide bonds. The molecular formula is C13H14FN3O. The van der Waals surface area contributed by atoms with E-state index in [4.69, 9.17) is 4.42 Å². The molecule has 2 aromatic rings. The minimum absolute atomic E-state index is 0.271. The third-order valence-electron chi connectivity index (χ3n) is 2.91. The molecule has 1 saturated carbocycles. The summed E-state index contributed by atoms with van der Waals surface area (Å²) >= 11 is 0. The summed E-state index contributed by atoms with van der Waals surface area (Å²) in [6.07, 6.45) is 3.26. The van der Waals surface area contributed by atoms with Crippen molar-refractivity contribution in [2.24, 2.45) is 0 Å². The topological polar surface area (TPSA) is 51.0 Å². The number of hydrogen-bond acceptors (Lipinski definition) is 4. The van der Waals surface area contributed by atoms with Crippen LogP contribution in [0.15, 0.2) is 28.7 Å². The van der Waals surface area contributed by atoms with Gasteiger partial charge in [0.1, 0.15) is 5.82 Å². The van der Waals surface area contributed by atoms with E-state index in [0.29, 0.717) is 17.8 Å². The summed E-state index contributed by atoms with van der Waals surface area (Å²) in [7, 11) is 0. The summed E-state index contributed by atoms with van der Waals surface area (Å²) in [6, 6.07) is 6.72. The highest BCUT2D eigenvalue weighted by molar-refractivity contribution is 5.51. The fourth-order valence-electron chi connectivity index (χ4n) is 1.73. The van der Waals surface area contributed by atoms with Gasteiger partial charge in [-0.05, 0) is 37.1 Å². The summed E-state index contributed by atoms with van der Waals surface area (Å²) in [5.74, 6) is 0.783. The highest BCUT2D eigenvalue weighted by Gasteiger charge is 2.20. The van der Waals surface area contributed by atoms with Gasteiger partial charge in [-0.25, -0.2) is 4.39 Å². The maximum absolute atomic E-state index is 12.8. The van der Waals surface area contributed by atoms with Crippen molar-refractivity contribution in [1.29, 1.82) is 0 Å². The third kappa shape index (κ3) is 2.73. The van der Waals surface area contributed by atoms with Crippen molar-refractivity contribution in [3.63, 3.8) is 0 Å². The van der Waals surface area contributed by atoms with Crippen LogP contribution < -0.4 is 5.32 Å². The largest absolute Gasteiger partial charge is 0.421 e. The first kappa shape index (κ1) is 11.3. The Morgan fingerprint density at radius 2 is 2.00 bits per heavy atom. The SMILES string of the molecule is Fc1ccc(-c2nnc(CCNC3CC3)o2)cc1. The number of nitrogens with zero attached hydrogens (tertiary/aromatic N) is 2. The van der Waals surface area contributed by atoms with E-state index in [-0.39, 0.29) is 5.82 Å². The highest BCUT2D eigenvalue weighted by atomic mass is 19.1. The van der Waals surface area contributed by atoms with Crippen LogP contribution >= 0.6 is 0 Å². The zero-order valence-electron chi connectivity index (χ0n) is 9.90. The summed E-state index contributed by atoms with van der Waals surface area (Å²) in [5.41, 5.74) is 0.741. The molecule has 1 aliphatic rings. The molecule has 1 fully saturated rings. The second-order valence-electron chi connectivity index (χ2n) is 4.49. The predicted molar refractivity (Wildman–Crippen MR) is 64.4 cm³/mol. The maximum atomic E-state index is 12.8. The summed E-state index contributed by atoms with van der Waals surface area (Å²) in [4.78, 5) is 0. The van der Waals surface area contributed by atoms with E-state index < -0.39 is 0 Å². The number of halogens is 1. The first-order valence-electron chi connectivity index (χ1n) is 6.13. The minimum atomic E-state index is -0.271. The van der Waals surface area contributed by atoms with Gasteiger partial charge in [-0.3, -0.25) is 0 Å². The molecule has 4 nitrogen and oxygen atoms in total. The Hall–Kier alpha value is -1.75. The minimum Gasteiger partial charge on any atom is -0.421 e. The molecular weight excluding hydrogens is 233 g/mol. The first-order valence-corrected chi connectivity index (χ1v) is 6.13. The number of aromatic nitrogens is 2. The molecule has 1 aliphatic carbocycles. The second kappa shape index (κ2) is 4.86. The average Bonchev–Trinajstić information content (AvgIpc) is 3.08. The molecule has 1 heterocycles. The number of hydrogen-bond donors (Lipinski definition) is 1. The highest BCUT2D eigenvalue weighted by Crippen LogP contribution is 2.19. The van der Waals surface area contributed by atoms with Crippen LogP contribution in [-0.2, 0) is 6.42 Å². The summed E-state index contributed by atoms with van der Waals surface area (Å²) in [5, 5.41) is 11.3. The molecule has 3 rings (SSSR count). The lowest BCUT2D eigenvalue weighted by Crippen LogP contribution is -2.19. The van der Waals surface area contributed by atoms with Crippen LogP contribution in [0.5, 0.6) is 0 Å². The van der Waals surface area contributed by atoms with Crippen molar-refractivity contribution >= 4 is 0 Å². The molecule has 0 aliphatic heterocycles. The van der Waals surface area contributed by atoms with E-state index in [1.807, 2.05) is 0 Å². The molecule has 0 saturated heterocycles. The third-order valence-corrected chi connectivity index (χ3v) is 2.91. The van der Waals surface area contributed by atoms with E-state index in [9.17, 15) is 4.39 Å². The second-order valence-corrected chi connectivity index (χ2v) is 4.49. The van der Waals surface area contributed by atoms with Gasteiger partial charge in [0.25, 0.3) is 0 Å². The van der Waals surface area contributed by atoms with Gasteiger partial charge in [-0.15, -0.1) is 10.2 Å². The van der Waals surface area contributed by atoms with Gasteiger partial charge in [0, 0.05) is 24.6 Å². The smallest absolute Gasteiger partial charge is 0.247 e. The van der Waals surface area contributed by atoms with E-state index in [0.717, 1.165) is 18.5 Å². The van der Waals surface area contributed by atoms with Crippen molar-refractivity contribution < 1.29 is 8.81 Å². The van der Waals surface area contributed by atoms with Crippen LogP contribution in [-0.4, -0.2) is 22.8 Å². The fraction of sp³-hybridized carbons (Fsp3) is 0.385. The van der Waals surface area contributed by atoms with E-state index in [1.54, 1.807) is 12.1 Å². The predicted octanol–water partition coefficient (Wildman–Crippen LogP) is 2.17. The Balaban J connectivity index is 1.62. The quantitative estimate of drug-likeness (QED) is 0.879. The fourth-order valence-corrected chi connectivity index (χ4v) is 1.73. The molecule has 1 aromatic heterocycles. The van der Waals surface area contributed by atoms with Crippen molar-refractivity contribution in [3.05, 3.63) is 36.0 Å². The Labute approximate surface area is 104 Å². The molecule has 0 atom stereocenters. The lowest BCUT2D eigenvalue weighted by atomic mass is 10.2. The maximum Gasteiger partial charge on any atom is 0.247 e. The van der Waals surface area contributed by atoms with Gasteiger partial charge in [-0.2, -0.15) is 0 Å². The normalized spacial score (nSPS) is 14.9. The van der Waals surface area contributed by atoms with Gasteiger partial charge in [0.2, 0.25) is 11.8 Å². The van der Waals surface area contributed by atoms with Crippen LogP contribution in [0.2, 0.25) is 0 Å². The monoisotopic (exact) mass is 247 g/mol. The first-order chi connectivity index (χ1) is 8.81. The molecule has 94 valence electrons. The Morgan fingerprint density at radius 3 is 2.72 bits per heavy atom. The van der Waals surface area contributed by atoms with Crippen LogP contribution in [0.25, 0.3) is 11.5 Å². The summed E-state index contributed by atoms with van der Waals surface area (Å²) < 4.78 is 18.3. The Kier molecular flexibility index (Phi) is 3.06. The van der Waals surface area contributed by atoms with Crippen LogP contribution in [0.1, 0.15) is 18.7 Å². The molecule has 0 spiro atoms. The van der Waals surface area contributed by atoms with Crippen molar-refractivity contribution in [2.45, 2.75) is 25.3 Å². The van der Waals surface area contributed by atoms with Gasteiger partial charge in [0.15, 0.2) is 0 Å². The van der Waals surface area contributed by atoms with Crippen LogP contribution in [0.3, 0.4) is 0 Å². The zero-order valence-corrected chi connectivity index (χ0v) is 9.90. The van der Waals surface area contributed by atoms with Crippen LogP contribution in [0, 0.1) is 5.82 Å². The van der Waals surface area contributed by atoms with E-state index in [1.165, 1.54) is 25.0 Å². The standard InChI is InChI=1S/C13H14FN3O/c14-10-3-1-9(2-4-10)13-17-16-12(18-13)7-8-15-11-5-6-11/h1-4,11,15H,5-8H2. The van der Waals surface area contributed by atoms with Crippen molar-refractivity contribution in [3.8, 4) is 11.5 Å². The molecule has 0 bridgehead atoms. The number of benzene rings is 1.